The number of nitrogens with zero attached hydrogens (tertiary/aromatic N) is 3. The Kier molecular flexibility index (Phi) is 3.15. The second kappa shape index (κ2) is 4.98. The number of hydrogen-bond acceptors (Lipinski definition) is 6. The summed E-state index contributed by atoms with van der Waals surface area (Å²) in [6.07, 6.45) is 3.76. The van der Waals surface area contributed by atoms with Crippen LogP contribution in [0, 0.1) is 0 Å². The van der Waals surface area contributed by atoms with Crippen LogP contribution < -0.4 is 10.5 Å². The summed E-state index contributed by atoms with van der Waals surface area (Å²) >= 11 is 0. The highest BCUT2D eigenvalue weighted by molar-refractivity contribution is 7.92. The van der Waals surface area contributed by atoms with Gasteiger partial charge in [0.05, 0.1) is 29.8 Å². The number of nitrogen functional groups attached to an aromatic ring is 1. The van der Waals surface area contributed by atoms with Gasteiger partial charge in [0.25, 0.3) is 10.0 Å². The molecule has 0 radical (unpaired) electrons. The van der Waals surface area contributed by atoms with Gasteiger partial charge in [-0.2, -0.15) is 0 Å². The maximum absolute atomic E-state index is 12.2. The molecule has 1 aromatic carbocycles. The fourth-order valence-corrected chi connectivity index (χ4v) is 2.73. The second-order valence-corrected chi connectivity index (χ2v) is 5.98. The SMILES string of the molecule is Nc1ncc(S(=O)(=O)Nc2cnc3ccccc3c2)cn1. The van der Waals surface area contributed by atoms with Crippen molar-refractivity contribution in [1.29, 1.82) is 0 Å². The number of nitrogens with two attached hydrogens (primary N) is 1. The Morgan fingerprint density at radius 2 is 1.71 bits per heavy atom. The number of nitrogens with one attached hydrogen (secondary N) is 1. The van der Waals surface area contributed by atoms with Crippen molar-refractivity contribution in [3.8, 4) is 0 Å². The summed E-state index contributed by atoms with van der Waals surface area (Å²) in [4.78, 5) is 11.5. The number of aromatic nitrogens is 3. The summed E-state index contributed by atoms with van der Waals surface area (Å²) in [5.41, 5.74) is 6.49. The summed E-state index contributed by atoms with van der Waals surface area (Å²) in [6.45, 7) is 0. The first-order chi connectivity index (χ1) is 10.0. The average molecular weight is 301 g/mol. The maximum atomic E-state index is 12.2. The van der Waals surface area contributed by atoms with Crippen LogP contribution >= 0.6 is 0 Å². The van der Waals surface area contributed by atoms with E-state index in [4.69, 9.17) is 5.73 Å². The quantitative estimate of drug-likeness (QED) is 0.756. The van der Waals surface area contributed by atoms with Crippen LogP contribution in [-0.4, -0.2) is 23.4 Å². The van der Waals surface area contributed by atoms with E-state index in [1.165, 1.54) is 6.20 Å². The van der Waals surface area contributed by atoms with Crippen molar-refractivity contribution in [3.63, 3.8) is 0 Å². The first-order valence-electron chi connectivity index (χ1n) is 6.00. The fourth-order valence-electron chi connectivity index (χ4n) is 1.81. The number of sulfonamides is 1. The smallest absolute Gasteiger partial charge is 0.265 e. The summed E-state index contributed by atoms with van der Waals surface area (Å²) < 4.78 is 26.8. The lowest BCUT2D eigenvalue weighted by molar-refractivity contribution is 0.600. The zero-order chi connectivity index (χ0) is 14.9. The third-order valence-corrected chi connectivity index (χ3v) is 4.14. The van der Waals surface area contributed by atoms with Crippen molar-refractivity contribution in [2.45, 2.75) is 4.90 Å². The lowest BCUT2D eigenvalue weighted by Crippen LogP contribution is -2.14. The van der Waals surface area contributed by atoms with Crippen LogP contribution in [0.25, 0.3) is 10.9 Å². The van der Waals surface area contributed by atoms with Crippen LogP contribution in [0.1, 0.15) is 0 Å². The van der Waals surface area contributed by atoms with Crippen LogP contribution in [-0.2, 0) is 10.0 Å². The van der Waals surface area contributed by atoms with E-state index in [-0.39, 0.29) is 10.8 Å². The molecule has 3 rings (SSSR count). The minimum atomic E-state index is -3.77. The van der Waals surface area contributed by atoms with Gasteiger partial charge in [-0.15, -0.1) is 0 Å². The molecule has 0 saturated heterocycles. The Bertz CT molecular complexity index is 894. The van der Waals surface area contributed by atoms with Gasteiger partial charge in [0, 0.05) is 5.39 Å². The molecule has 7 nitrogen and oxygen atoms in total. The molecule has 0 aliphatic heterocycles. The third-order valence-electron chi connectivity index (χ3n) is 2.80. The highest BCUT2D eigenvalue weighted by Crippen LogP contribution is 2.19. The van der Waals surface area contributed by atoms with Crippen molar-refractivity contribution in [2.75, 3.05) is 10.5 Å². The average Bonchev–Trinajstić information content (AvgIpc) is 2.47. The lowest BCUT2D eigenvalue weighted by atomic mass is 10.2. The van der Waals surface area contributed by atoms with Crippen LogP contribution in [0.5, 0.6) is 0 Å². The van der Waals surface area contributed by atoms with Gasteiger partial charge >= 0.3 is 0 Å². The molecule has 0 bridgehead atoms. The molecular weight excluding hydrogens is 290 g/mol. The normalized spacial score (nSPS) is 11.4. The molecule has 8 heteroatoms. The zero-order valence-corrected chi connectivity index (χ0v) is 11.6. The minimum absolute atomic E-state index is 0.0151. The molecule has 0 atom stereocenters. The molecule has 21 heavy (non-hydrogen) atoms. The number of fused-ring (bicyclic) bond motifs is 1. The molecule has 0 aliphatic carbocycles. The second-order valence-electron chi connectivity index (χ2n) is 4.30. The monoisotopic (exact) mass is 301 g/mol. The lowest BCUT2D eigenvalue weighted by Gasteiger charge is -2.08. The molecule has 106 valence electrons. The molecule has 0 aliphatic rings. The van der Waals surface area contributed by atoms with Crippen molar-refractivity contribution < 1.29 is 8.42 Å². The van der Waals surface area contributed by atoms with Gasteiger partial charge < -0.3 is 5.73 Å². The number of anilines is 2. The predicted molar refractivity (Wildman–Crippen MR) is 79.0 cm³/mol. The highest BCUT2D eigenvalue weighted by atomic mass is 32.2. The van der Waals surface area contributed by atoms with Gasteiger partial charge in [0.2, 0.25) is 5.95 Å². The molecule has 3 aromatic rings. The molecule has 0 amide bonds. The number of para-hydroxylation sites is 1. The summed E-state index contributed by atoms with van der Waals surface area (Å²) in [7, 11) is -3.77. The largest absolute Gasteiger partial charge is 0.368 e. The third kappa shape index (κ3) is 2.75. The number of hydrogen-bond donors (Lipinski definition) is 2. The van der Waals surface area contributed by atoms with E-state index in [1.807, 2.05) is 24.3 Å². The first-order valence-corrected chi connectivity index (χ1v) is 7.48. The Morgan fingerprint density at radius 3 is 2.48 bits per heavy atom. The van der Waals surface area contributed by atoms with E-state index in [9.17, 15) is 8.42 Å². The molecular formula is C13H11N5O2S. The standard InChI is InChI=1S/C13H11N5O2S/c14-13-16-7-11(8-17-13)21(19,20)18-10-5-9-3-1-2-4-12(9)15-6-10/h1-8,18H,(H2,14,16,17). The number of benzene rings is 1. The van der Waals surface area contributed by atoms with E-state index in [2.05, 4.69) is 19.7 Å². The van der Waals surface area contributed by atoms with E-state index < -0.39 is 10.0 Å². The fraction of sp³-hybridized carbons (Fsp3) is 0. The van der Waals surface area contributed by atoms with Crippen molar-refractivity contribution in [3.05, 3.63) is 48.9 Å². The first kappa shape index (κ1) is 13.3. The van der Waals surface area contributed by atoms with Crippen molar-refractivity contribution in [1.82, 2.24) is 15.0 Å². The summed E-state index contributed by atoms with van der Waals surface area (Å²) in [5, 5.41) is 0.839. The van der Waals surface area contributed by atoms with Crippen LogP contribution in [0.3, 0.4) is 0 Å². The van der Waals surface area contributed by atoms with Gasteiger partial charge in [-0.25, -0.2) is 18.4 Å². The van der Waals surface area contributed by atoms with E-state index in [0.29, 0.717) is 5.69 Å². The summed E-state index contributed by atoms with van der Waals surface area (Å²) in [5.74, 6) is 0.0151. The molecule has 0 unspecified atom stereocenters. The predicted octanol–water partition coefficient (Wildman–Crippen LogP) is 1.41. The molecule has 0 fully saturated rings. The molecule has 3 N–H and O–H groups in total. The zero-order valence-electron chi connectivity index (χ0n) is 10.8. The minimum Gasteiger partial charge on any atom is -0.368 e. The van der Waals surface area contributed by atoms with Gasteiger partial charge in [-0.1, -0.05) is 18.2 Å². The van der Waals surface area contributed by atoms with Crippen molar-refractivity contribution in [2.24, 2.45) is 0 Å². The Hall–Kier alpha value is -2.74. The van der Waals surface area contributed by atoms with E-state index in [0.717, 1.165) is 23.3 Å². The molecule has 0 spiro atoms. The van der Waals surface area contributed by atoms with Gasteiger partial charge in [0.1, 0.15) is 4.90 Å². The van der Waals surface area contributed by atoms with Crippen LogP contribution in [0.15, 0.2) is 53.8 Å². The Balaban J connectivity index is 1.95. The highest BCUT2D eigenvalue weighted by Gasteiger charge is 2.15. The van der Waals surface area contributed by atoms with Gasteiger partial charge in [-0.3, -0.25) is 9.71 Å². The molecule has 0 saturated carbocycles. The Morgan fingerprint density at radius 1 is 1.00 bits per heavy atom. The van der Waals surface area contributed by atoms with Crippen LogP contribution in [0.4, 0.5) is 11.6 Å². The Labute approximate surface area is 120 Å². The topological polar surface area (TPSA) is 111 Å². The molecule has 2 aromatic heterocycles. The number of rotatable bonds is 3. The molecule has 2 heterocycles. The van der Waals surface area contributed by atoms with Crippen LogP contribution in [0.2, 0.25) is 0 Å². The van der Waals surface area contributed by atoms with Gasteiger partial charge in [0.15, 0.2) is 0 Å². The summed E-state index contributed by atoms with van der Waals surface area (Å²) in [6, 6.07) is 9.13. The number of pyridine rings is 1. The van der Waals surface area contributed by atoms with E-state index >= 15 is 0 Å². The van der Waals surface area contributed by atoms with E-state index in [1.54, 1.807) is 6.07 Å². The maximum Gasteiger partial charge on any atom is 0.265 e. The van der Waals surface area contributed by atoms with Crippen molar-refractivity contribution >= 4 is 32.6 Å². The van der Waals surface area contributed by atoms with Gasteiger partial charge in [-0.05, 0) is 12.1 Å².